The maximum atomic E-state index is 12.1. The van der Waals surface area contributed by atoms with E-state index in [0.717, 1.165) is 16.4 Å². The van der Waals surface area contributed by atoms with Gasteiger partial charge in [-0.25, -0.2) is 0 Å². The summed E-state index contributed by atoms with van der Waals surface area (Å²) in [5.41, 5.74) is 0.652. The number of rotatable bonds is 5. The molecule has 0 aliphatic rings. The van der Waals surface area contributed by atoms with Crippen LogP contribution in [0.15, 0.2) is 18.2 Å². The lowest BCUT2D eigenvalue weighted by atomic mass is 10.0. The highest BCUT2D eigenvalue weighted by Gasteiger charge is 2.14. The summed E-state index contributed by atoms with van der Waals surface area (Å²) in [5, 5.41) is 3.62. The first kappa shape index (κ1) is 15.8. The Morgan fingerprint density at radius 3 is 2.72 bits per heavy atom. The van der Waals surface area contributed by atoms with Gasteiger partial charge in [-0.2, -0.15) is 0 Å². The molecule has 1 aromatic rings. The zero-order chi connectivity index (χ0) is 13.7. The summed E-state index contributed by atoms with van der Waals surface area (Å²) in [4.78, 5) is 12.1. The van der Waals surface area contributed by atoms with Crippen molar-refractivity contribution in [1.29, 1.82) is 0 Å². The topological polar surface area (TPSA) is 29.1 Å². The van der Waals surface area contributed by atoms with Crippen molar-refractivity contribution in [2.24, 2.45) is 5.92 Å². The molecular formula is C14H19ClINO. The van der Waals surface area contributed by atoms with Crippen molar-refractivity contribution in [3.8, 4) is 0 Å². The average molecular weight is 380 g/mol. The van der Waals surface area contributed by atoms with Crippen LogP contribution < -0.4 is 5.32 Å². The smallest absolute Gasteiger partial charge is 0.252 e. The van der Waals surface area contributed by atoms with Gasteiger partial charge >= 0.3 is 0 Å². The van der Waals surface area contributed by atoms with Crippen molar-refractivity contribution in [1.82, 2.24) is 5.32 Å². The average Bonchev–Trinajstić information content (AvgIpc) is 2.31. The monoisotopic (exact) mass is 379 g/mol. The number of carbonyl (C=O) groups excluding carboxylic acids is 1. The third-order valence-corrected chi connectivity index (χ3v) is 4.18. The molecule has 0 bridgehead atoms. The fraction of sp³-hybridized carbons (Fsp3) is 0.500. The summed E-state index contributed by atoms with van der Waals surface area (Å²) >= 11 is 8.07. The van der Waals surface area contributed by atoms with Crippen molar-refractivity contribution >= 4 is 40.1 Å². The minimum absolute atomic E-state index is 0.0438. The van der Waals surface area contributed by atoms with Gasteiger partial charge in [0.05, 0.1) is 5.56 Å². The second kappa shape index (κ2) is 7.34. The summed E-state index contributed by atoms with van der Waals surface area (Å²) in [7, 11) is 0. The maximum Gasteiger partial charge on any atom is 0.252 e. The zero-order valence-electron chi connectivity index (χ0n) is 11.0. The number of carbonyl (C=O) groups is 1. The Kier molecular flexibility index (Phi) is 6.43. The van der Waals surface area contributed by atoms with E-state index in [9.17, 15) is 4.79 Å². The molecule has 2 nitrogen and oxygen atoms in total. The predicted molar refractivity (Wildman–Crippen MR) is 85.2 cm³/mol. The number of hydrogen-bond donors (Lipinski definition) is 1. The molecule has 1 N–H and O–H groups in total. The summed E-state index contributed by atoms with van der Waals surface area (Å²) < 4.78 is 0.922. The van der Waals surface area contributed by atoms with E-state index in [-0.39, 0.29) is 11.9 Å². The van der Waals surface area contributed by atoms with Crippen molar-refractivity contribution in [2.75, 3.05) is 0 Å². The molecule has 1 aromatic carbocycles. The molecule has 1 amide bonds. The molecule has 0 radical (unpaired) electrons. The number of nitrogens with one attached hydrogen (secondary N) is 1. The summed E-state index contributed by atoms with van der Waals surface area (Å²) in [6, 6.07) is 5.55. The molecule has 0 spiro atoms. The van der Waals surface area contributed by atoms with Gasteiger partial charge in [-0.1, -0.05) is 31.9 Å². The van der Waals surface area contributed by atoms with Crippen LogP contribution in [0, 0.1) is 9.49 Å². The molecular weight excluding hydrogens is 361 g/mol. The molecule has 2 unspecified atom stereocenters. The molecule has 0 aliphatic heterocycles. The van der Waals surface area contributed by atoms with Crippen molar-refractivity contribution in [3.63, 3.8) is 0 Å². The first-order valence-corrected chi connectivity index (χ1v) is 7.65. The highest BCUT2D eigenvalue weighted by Crippen LogP contribution is 2.18. The number of halogens is 2. The highest BCUT2D eigenvalue weighted by atomic mass is 127. The van der Waals surface area contributed by atoms with Gasteiger partial charge in [-0.05, 0) is 60.1 Å². The SMILES string of the molecule is CCC(C)CC(C)NC(=O)c1cc(Cl)ccc1I. The number of amides is 1. The first-order valence-electron chi connectivity index (χ1n) is 6.20. The quantitative estimate of drug-likeness (QED) is 0.750. The van der Waals surface area contributed by atoms with Gasteiger partial charge in [-0.3, -0.25) is 4.79 Å². The van der Waals surface area contributed by atoms with Crippen LogP contribution in [0.2, 0.25) is 5.02 Å². The Labute approximate surface area is 128 Å². The normalized spacial score (nSPS) is 14.1. The summed E-state index contributed by atoms with van der Waals surface area (Å²) in [6.07, 6.45) is 2.13. The molecule has 1 rings (SSSR count). The lowest BCUT2D eigenvalue weighted by Gasteiger charge is -2.18. The molecule has 0 aliphatic carbocycles. The van der Waals surface area contributed by atoms with Crippen molar-refractivity contribution < 1.29 is 4.79 Å². The van der Waals surface area contributed by atoms with E-state index in [1.54, 1.807) is 12.1 Å². The van der Waals surface area contributed by atoms with E-state index in [4.69, 9.17) is 11.6 Å². The Balaban J connectivity index is 2.67. The van der Waals surface area contributed by atoms with Crippen molar-refractivity contribution in [3.05, 3.63) is 32.4 Å². The molecule has 0 heterocycles. The van der Waals surface area contributed by atoms with E-state index in [0.29, 0.717) is 16.5 Å². The number of benzene rings is 1. The minimum Gasteiger partial charge on any atom is -0.350 e. The molecule has 0 saturated heterocycles. The van der Waals surface area contributed by atoms with Crippen LogP contribution in [-0.4, -0.2) is 11.9 Å². The zero-order valence-corrected chi connectivity index (χ0v) is 13.9. The Bertz CT molecular complexity index is 422. The van der Waals surface area contributed by atoms with E-state index in [1.807, 2.05) is 13.0 Å². The van der Waals surface area contributed by atoms with E-state index in [2.05, 4.69) is 41.8 Å². The third-order valence-electron chi connectivity index (χ3n) is 3.00. The van der Waals surface area contributed by atoms with E-state index < -0.39 is 0 Å². The Morgan fingerprint density at radius 1 is 1.44 bits per heavy atom. The van der Waals surface area contributed by atoms with Gasteiger partial charge in [-0.15, -0.1) is 0 Å². The molecule has 0 fully saturated rings. The Morgan fingerprint density at radius 2 is 2.11 bits per heavy atom. The molecule has 4 heteroatoms. The Hall–Kier alpha value is -0.290. The highest BCUT2D eigenvalue weighted by molar-refractivity contribution is 14.1. The first-order chi connectivity index (χ1) is 8.43. The lowest BCUT2D eigenvalue weighted by molar-refractivity contribution is 0.0934. The van der Waals surface area contributed by atoms with Gasteiger partial charge in [0.25, 0.3) is 5.91 Å². The van der Waals surface area contributed by atoms with Gasteiger partial charge in [0.2, 0.25) is 0 Å². The largest absolute Gasteiger partial charge is 0.350 e. The minimum atomic E-state index is -0.0438. The fourth-order valence-electron chi connectivity index (χ4n) is 1.80. The van der Waals surface area contributed by atoms with Crippen LogP contribution in [0.4, 0.5) is 0 Å². The van der Waals surface area contributed by atoms with E-state index >= 15 is 0 Å². The van der Waals surface area contributed by atoms with Crippen LogP contribution in [0.3, 0.4) is 0 Å². The standard InChI is InChI=1S/C14H19ClINO/c1-4-9(2)7-10(3)17-14(18)12-8-11(15)5-6-13(12)16/h5-6,8-10H,4,7H2,1-3H3,(H,17,18). The van der Waals surface area contributed by atoms with Gasteiger partial charge in [0.15, 0.2) is 0 Å². The summed E-state index contributed by atoms with van der Waals surface area (Å²) in [5.74, 6) is 0.580. The van der Waals surface area contributed by atoms with Crippen LogP contribution in [0.5, 0.6) is 0 Å². The molecule has 0 saturated carbocycles. The van der Waals surface area contributed by atoms with Gasteiger partial charge < -0.3 is 5.32 Å². The fourth-order valence-corrected chi connectivity index (χ4v) is 2.55. The molecule has 0 aromatic heterocycles. The lowest BCUT2D eigenvalue weighted by Crippen LogP contribution is -2.34. The number of hydrogen-bond acceptors (Lipinski definition) is 1. The third kappa shape index (κ3) is 4.76. The van der Waals surface area contributed by atoms with Crippen molar-refractivity contribution in [2.45, 2.75) is 39.7 Å². The van der Waals surface area contributed by atoms with Crippen LogP contribution in [-0.2, 0) is 0 Å². The van der Waals surface area contributed by atoms with Crippen LogP contribution >= 0.6 is 34.2 Å². The molecule has 100 valence electrons. The van der Waals surface area contributed by atoms with Gasteiger partial charge in [0.1, 0.15) is 0 Å². The second-order valence-corrected chi connectivity index (χ2v) is 6.35. The predicted octanol–water partition coefficient (Wildman–Crippen LogP) is 4.50. The van der Waals surface area contributed by atoms with Crippen LogP contribution in [0.1, 0.15) is 44.0 Å². The maximum absolute atomic E-state index is 12.1. The second-order valence-electron chi connectivity index (χ2n) is 4.75. The molecule has 18 heavy (non-hydrogen) atoms. The van der Waals surface area contributed by atoms with Gasteiger partial charge in [0, 0.05) is 14.6 Å². The van der Waals surface area contributed by atoms with E-state index in [1.165, 1.54) is 0 Å². The summed E-state index contributed by atoms with van der Waals surface area (Å²) in [6.45, 7) is 6.41. The molecule has 2 atom stereocenters. The van der Waals surface area contributed by atoms with Crippen LogP contribution in [0.25, 0.3) is 0 Å².